The van der Waals surface area contributed by atoms with Crippen molar-refractivity contribution in [3.8, 4) is 11.5 Å². The van der Waals surface area contributed by atoms with Gasteiger partial charge in [-0.15, -0.1) is 0 Å². The summed E-state index contributed by atoms with van der Waals surface area (Å²) in [5.74, 6) is -0.507. The first-order valence-corrected chi connectivity index (χ1v) is 16.2. The molecule has 7 rings (SSSR count). The van der Waals surface area contributed by atoms with Gasteiger partial charge in [-0.3, -0.25) is 4.79 Å². The van der Waals surface area contributed by atoms with Gasteiger partial charge in [-0.05, 0) is 122 Å². The number of aromatic hydroxyl groups is 2. The van der Waals surface area contributed by atoms with Gasteiger partial charge in [-0.1, -0.05) is 57.5 Å². The zero-order chi connectivity index (χ0) is 30.9. The molecule has 43 heavy (non-hydrogen) atoms. The molecule has 228 valence electrons. The summed E-state index contributed by atoms with van der Waals surface area (Å²) in [6.45, 7) is 15.8. The van der Waals surface area contributed by atoms with Crippen molar-refractivity contribution in [3.05, 3.63) is 69.9 Å². The van der Waals surface area contributed by atoms with Crippen molar-refractivity contribution >= 4 is 16.9 Å². The third-order valence-electron chi connectivity index (χ3n) is 13.9. The number of carboxylic acid groups (broad SMARTS) is 1. The molecule has 5 heteroatoms. The van der Waals surface area contributed by atoms with E-state index in [1.807, 2.05) is 19.9 Å². The Labute approximate surface area is 255 Å². The van der Waals surface area contributed by atoms with Crippen LogP contribution >= 0.6 is 0 Å². The molecule has 3 saturated carbocycles. The van der Waals surface area contributed by atoms with Gasteiger partial charge < -0.3 is 20.3 Å². The SMILES string of the molecule is Cc1c(O)c(O)cc2c1C(c1c[nH]c3c(C)cccc13)C=C1[C@@]2(C)CC[C@@]2(C)[C@@H]3C[C@](C)(C(=O)O)CC[C@]3(C)CC[C@]12C. The van der Waals surface area contributed by atoms with E-state index in [1.54, 1.807) is 0 Å². The Hall–Kier alpha value is -3.21. The van der Waals surface area contributed by atoms with E-state index in [4.69, 9.17) is 0 Å². The lowest BCUT2D eigenvalue weighted by Crippen LogP contribution is -2.62. The topological polar surface area (TPSA) is 93.5 Å². The number of hydrogen-bond donors (Lipinski definition) is 4. The molecular formula is C38H47NO4. The third-order valence-corrected chi connectivity index (χ3v) is 13.9. The summed E-state index contributed by atoms with van der Waals surface area (Å²) in [5, 5.41) is 33.5. The van der Waals surface area contributed by atoms with E-state index in [1.165, 1.54) is 22.1 Å². The molecule has 0 saturated heterocycles. The van der Waals surface area contributed by atoms with Crippen molar-refractivity contribution in [2.75, 3.05) is 0 Å². The number of hydrogen-bond acceptors (Lipinski definition) is 3. The van der Waals surface area contributed by atoms with E-state index in [0.717, 1.165) is 67.2 Å². The maximum atomic E-state index is 12.6. The van der Waals surface area contributed by atoms with Crippen LogP contribution in [0.5, 0.6) is 11.5 Å². The van der Waals surface area contributed by atoms with Gasteiger partial charge in [0.15, 0.2) is 11.5 Å². The molecule has 1 heterocycles. The van der Waals surface area contributed by atoms with Crippen LogP contribution in [0, 0.1) is 41.4 Å². The summed E-state index contributed by atoms with van der Waals surface area (Å²) in [4.78, 5) is 16.1. The van der Waals surface area contributed by atoms with E-state index in [-0.39, 0.29) is 39.1 Å². The van der Waals surface area contributed by atoms with Gasteiger partial charge in [0.05, 0.1) is 5.41 Å². The summed E-state index contributed by atoms with van der Waals surface area (Å²) >= 11 is 0. The number of fused-ring (bicyclic) bond motifs is 8. The lowest BCUT2D eigenvalue weighted by atomic mass is 9.34. The zero-order valence-electron chi connectivity index (χ0n) is 26.8. The molecular weight excluding hydrogens is 534 g/mol. The van der Waals surface area contributed by atoms with Crippen LogP contribution in [0.15, 0.2) is 42.1 Å². The first-order valence-electron chi connectivity index (χ1n) is 16.2. The Morgan fingerprint density at radius 2 is 1.67 bits per heavy atom. The molecule has 0 bridgehead atoms. The molecule has 1 aromatic heterocycles. The number of nitrogens with one attached hydrogen (secondary N) is 1. The number of aryl methyl sites for hydroxylation is 1. The highest BCUT2D eigenvalue weighted by Gasteiger charge is 2.67. The first-order chi connectivity index (χ1) is 20.1. The second-order valence-electron chi connectivity index (χ2n) is 16.0. The van der Waals surface area contributed by atoms with Gasteiger partial charge >= 0.3 is 5.97 Å². The fourth-order valence-corrected chi connectivity index (χ4v) is 10.8. The van der Waals surface area contributed by atoms with Crippen molar-refractivity contribution in [3.63, 3.8) is 0 Å². The second-order valence-corrected chi connectivity index (χ2v) is 16.0. The second kappa shape index (κ2) is 8.70. The maximum Gasteiger partial charge on any atom is 0.309 e. The summed E-state index contributed by atoms with van der Waals surface area (Å²) < 4.78 is 0. The molecule has 0 amide bonds. The molecule has 1 unspecified atom stereocenters. The average Bonchev–Trinajstić information content (AvgIpc) is 3.40. The number of aromatic amines is 1. The first kappa shape index (κ1) is 28.6. The Kier molecular flexibility index (Phi) is 5.78. The van der Waals surface area contributed by atoms with Crippen LogP contribution in [0.3, 0.4) is 0 Å². The van der Waals surface area contributed by atoms with E-state index >= 15 is 0 Å². The van der Waals surface area contributed by atoms with E-state index < -0.39 is 11.4 Å². The van der Waals surface area contributed by atoms with Crippen molar-refractivity contribution in [1.29, 1.82) is 0 Å². The van der Waals surface area contributed by atoms with E-state index in [2.05, 4.69) is 70.1 Å². The number of H-pyrrole nitrogens is 1. The van der Waals surface area contributed by atoms with E-state index in [9.17, 15) is 20.1 Å². The average molecular weight is 582 g/mol. The van der Waals surface area contributed by atoms with Crippen LogP contribution in [0.2, 0.25) is 0 Å². The standard InChI is InChI=1S/C38H47NO4/c1-21-9-8-10-23-25(20-39-31(21)23)24-17-28-36(5,26-18-27(40)32(41)22(2)30(24)26)14-16-38(7)29-19-35(4,33(42)43)12-11-34(29,3)13-15-37(28,38)6/h8-10,17-18,20,24,29,39-41H,11-16,19H2,1-7H3,(H,42,43)/t24?,29-,34-,35-,36+,37-,38+/m1/s1. The molecule has 2 aromatic carbocycles. The molecule has 3 fully saturated rings. The van der Waals surface area contributed by atoms with Crippen LogP contribution in [0.25, 0.3) is 10.9 Å². The largest absolute Gasteiger partial charge is 0.504 e. The highest BCUT2D eigenvalue weighted by molar-refractivity contribution is 5.87. The molecule has 4 aliphatic rings. The molecule has 4 aliphatic carbocycles. The number of carbonyl (C=O) groups is 1. The van der Waals surface area contributed by atoms with Crippen molar-refractivity contribution in [2.24, 2.45) is 27.6 Å². The van der Waals surface area contributed by atoms with Crippen molar-refractivity contribution in [2.45, 2.75) is 105 Å². The minimum Gasteiger partial charge on any atom is -0.504 e. The minimum atomic E-state index is -0.690. The van der Waals surface area contributed by atoms with Crippen LogP contribution in [0.1, 0.15) is 113 Å². The molecule has 0 aliphatic heterocycles. The van der Waals surface area contributed by atoms with Gasteiger partial charge in [0, 0.05) is 28.4 Å². The monoisotopic (exact) mass is 581 g/mol. The summed E-state index contributed by atoms with van der Waals surface area (Å²) in [6, 6.07) is 8.27. The molecule has 4 N–H and O–H groups in total. The third kappa shape index (κ3) is 3.48. The molecule has 5 nitrogen and oxygen atoms in total. The summed E-state index contributed by atoms with van der Waals surface area (Å²) in [6.07, 6.45) is 11.2. The molecule has 3 aromatic rings. The Morgan fingerprint density at radius 1 is 0.953 bits per heavy atom. The van der Waals surface area contributed by atoms with Gasteiger partial charge in [-0.25, -0.2) is 0 Å². The maximum absolute atomic E-state index is 12.6. The highest BCUT2D eigenvalue weighted by Crippen LogP contribution is 2.75. The smallest absolute Gasteiger partial charge is 0.309 e. The summed E-state index contributed by atoms with van der Waals surface area (Å²) in [7, 11) is 0. The Morgan fingerprint density at radius 3 is 2.40 bits per heavy atom. The predicted octanol–water partition coefficient (Wildman–Crippen LogP) is 9.02. The molecule has 0 spiro atoms. The van der Waals surface area contributed by atoms with Gasteiger partial charge in [0.1, 0.15) is 0 Å². The normalized spacial score (nSPS) is 38.4. The zero-order valence-corrected chi connectivity index (χ0v) is 26.8. The van der Waals surface area contributed by atoms with Crippen molar-refractivity contribution in [1.82, 2.24) is 4.98 Å². The molecule has 0 radical (unpaired) electrons. The Balaban J connectivity index is 1.47. The number of rotatable bonds is 2. The fourth-order valence-electron chi connectivity index (χ4n) is 10.8. The van der Waals surface area contributed by atoms with Crippen LogP contribution in [0.4, 0.5) is 0 Å². The predicted molar refractivity (Wildman–Crippen MR) is 171 cm³/mol. The van der Waals surface area contributed by atoms with Crippen molar-refractivity contribution < 1.29 is 20.1 Å². The summed E-state index contributed by atoms with van der Waals surface area (Å²) in [5.41, 5.74) is 6.89. The van der Waals surface area contributed by atoms with Gasteiger partial charge in [0.25, 0.3) is 0 Å². The fraction of sp³-hybridized carbons (Fsp3) is 0.553. The number of phenols is 2. The number of phenolic OH excluding ortho intramolecular Hbond substituents is 2. The number of para-hydroxylation sites is 1. The number of aliphatic carboxylic acids is 1. The quantitative estimate of drug-likeness (QED) is 0.179. The van der Waals surface area contributed by atoms with E-state index in [0.29, 0.717) is 5.92 Å². The van der Waals surface area contributed by atoms with Crippen LogP contribution in [-0.2, 0) is 10.2 Å². The van der Waals surface area contributed by atoms with Crippen LogP contribution in [-0.4, -0.2) is 26.3 Å². The lowest BCUT2D eigenvalue weighted by Gasteiger charge is -2.70. The highest BCUT2D eigenvalue weighted by atomic mass is 16.4. The number of allylic oxidation sites excluding steroid dienone is 2. The van der Waals surface area contributed by atoms with Gasteiger partial charge in [0.2, 0.25) is 0 Å². The number of aromatic nitrogens is 1. The van der Waals surface area contributed by atoms with Crippen LogP contribution < -0.4 is 0 Å². The number of benzene rings is 2. The lowest BCUT2D eigenvalue weighted by molar-refractivity contribution is -0.177. The Bertz CT molecular complexity index is 1730. The van der Waals surface area contributed by atoms with Gasteiger partial charge in [-0.2, -0.15) is 0 Å². The molecule has 7 atom stereocenters. The minimum absolute atomic E-state index is 0.0318. The number of carboxylic acids is 1.